The SMILES string of the molecule is CC(C)(NCCc1cccc(C(F)(F)F)c1)c1ccc2c(c1)CCC2. The highest BCUT2D eigenvalue weighted by Gasteiger charge is 2.30. The Labute approximate surface area is 147 Å². The molecule has 0 unspecified atom stereocenters. The zero-order chi connectivity index (χ0) is 18.1. The molecule has 0 bridgehead atoms. The molecule has 1 aliphatic rings. The Kier molecular flexibility index (Phi) is 4.92. The van der Waals surface area contributed by atoms with Gasteiger partial charge < -0.3 is 5.32 Å². The van der Waals surface area contributed by atoms with Crippen LogP contribution in [0.4, 0.5) is 13.2 Å². The first-order valence-electron chi connectivity index (χ1n) is 8.79. The highest BCUT2D eigenvalue weighted by molar-refractivity contribution is 5.38. The van der Waals surface area contributed by atoms with Gasteiger partial charge in [0.25, 0.3) is 0 Å². The average molecular weight is 347 g/mol. The van der Waals surface area contributed by atoms with Crippen molar-refractivity contribution in [3.8, 4) is 0 Å². The number of nitrogens with one attached hydrogen (secondary N) is 1. The average Bonchev–Trinajstić information content (AvgIpc) is 3.02. The van der Waals surface area contributed by atoms with Gasteiger partial charge in [-0.1, -0.05) is 36.4 Å². The number of fused-ring (bicyclic) bond motifs is 1. The third-order valence-corrected chi connectivity index (χ3v) is 5.06. The van der Waals surface area contributed by atoms with E-state index in [-0.39, 0.29) is 5.54 Å². The summed E-state index contributed by atoms with van der Waals surface area (Å²) in [6, 6.07) is 12.2. The molecule has 1 N–H and O–H groups in total. The van der Waals surface area contributed by atoms with Crippen molar-refractivity contribution in [2.75, 3.05) is 6.54 Å². The molecule has 0 aromatic heterocycles. The third-order valence-electron chi connectivity index (χ3n) is 5.06. The van der Waals surface area contributed by atoms with Crippen molar-refractivity contribution >= 4 is 0 Å². The lowest BCUT2D eigenvalue weighted by Gasteiger charge is -2.28. The van der Waals surface area contributed by atoms with Crippen molar-refractivity contribution in [2.45, 2.75) is 51.2 Å². The Bertz CT molecular complexity index is 747. The van der Waals surface area contributed by atoms with Crippen LogP contribution in [-0.2, 0) is 31.0 Å². The van der Waals surface area contributed by atoms with Crippen molar-refractivity contribution in [1.29, 1.82) is 0 Å². The fraction of sp³-hybridized carbons (Fsp3) is 0.429. The van der Waals surface area contributed by atoms with E-state index in [4.69, 9.17) is 0 Å². The molecule has 1 aliphatic carbocycles. The summed E-state index contributed by atoms with van der Waals surface area (Å²) in [6.45, 7) is 4.87. The highest BCUT2D eigenvalue weighted by Crippen LogP contribution is 2.30. The van der Waals surface area contributed by atoms with Crippen LogP contribution in [-0.4, -0.2) is 6.54 Å². The Hall–Kier alpha value is -1.81. The van der Waals surface area contributed by atoms with Gasteiger partial charge in [-0.3, -0.25) is 0 Å². The van der Waals surface area contributed by atoms with Crippen LogP contribution in [0.1, 0.15) is 48.1 Å². The summed E-state index contributed by atoms with van der Waals surface area (Å²) in [5.41, 5.74) is 4.03. The van der Waals surface area contributed by atoms with Gasteiger partial charge >= 0.3 is 6.18 Å². The molecule has 134 valence electrons. The first kappa shape index (κ1) is 18.0. The number of benzene rings is 2. The van der Waals surface area contributed by atoms with Gasteiger partial charge in [0, 0.05) is 5.54 Å². The van der Waals surface area contributed by atoms with Crippen molar-refractivity contribution in [3.05, 3.63) is 70.3 Å². The van der Waals surface area contributed by atoms with Crippen LogP contribution in [0.25, 0.3) is 0 Å². The van der Waals surface area contributed by atoms with Crippen molar-refractivity contribution < 1.29 is 13.2 Å². The number of hydrogen-bond acceptors (Lipinski definition) is 1. The molecule has 3 rings (SSSR count). The van der Waals surface area contributed by atoms with E-state index in [9.17, 15) is 13.2 Å². The minimum atomic E-state index is -4.28. The summed E-state index contributed by atoms with van der Waals surface area (Å²) >= 11 is 0. The molecular formula is C21H24F3N. The van der Waals surface area contributed by atoms with Gasteiger partial charge in [0.15, 0.2) is 0 Å². The normalized spacial score (nSPS) is 14.6. The quantitative estimate of drug-likeness (QED) is 0.778. The van der Waals surface area contributed by atoms with E-state index < -0.39 is 11.7 Å². The molecular weight excluding hydrogens is 323 g/mol. The lowest BCUT2D eigenvalue weighted by molar-refractivity contribution is -0.137. The second kappa shape index (κ2) is 6.83. The summed E-state index contributed by atoms with van der Waals surface area (Å²) in [5, 5.41) is 3.49. The molecule has 0 radical (unpaired) electrons. The minimum absolute atomic E-state index is 0.209. The van der Waals surface area contributed by atoms with Gasteiger partial charge in [-0.15, -0.1) is 0 Å². The number of halogens is 3. The number of rotatable bonds is 5. The first-order valence-corrected chi connectivity index (χ1v) is 8.79. The Morgan fingerprint density at radius 2 is 1.68 bits per heavy atom. The van der Waals surface area contributed by atoms with E-state index >= 15 is 0 Å². The van der Waals surface area contributed by atoms with Crippen molar-refractivity contribution in [1.82, 2.24) is 5.32 Å². The number of aryl methyl sites for hydroxylation is 2. The molecule has 0 amide bonds. The van der Waals surface area contributed by atoms with Gasteiger partial charge in [0.05, 0.1) is 5.56 Å². The van der Waals surface area contributed by atoms with E-state index in [0.717, 1.165) is 12.5 Å². The van der Waals surface area contributed by atoms with Gasteiger partial charge in [-0.25, -0.2) is 0 Å². The van der Waals surface area contributed by atoms with Gasteiger partial charge in [-0.05, 0) is 74.4 Å². The zero-order valence-corrected chi connectivity index (χ0v) is 14.7. The molecule has 2 aromatic rings. The second-order valence-electron chi connectivity index (χ2n) is 7.34. The maximum atomic E-state index is 12.8. The second-order valence-corrected chi connectivity index (χ2v) is 7.34. The lowest BCUT2D eigenvalue weighted by Crippen LogP contribution is -2.37. The molecule has 0 aliphatic heterocycles. The molecule has 0 heterocycles. The topological polar surface area (TPSA) is 12.0 Å². The van der Waals surface area contributed by atoms with E-state index in [0.29, 0.717) is 18.5 Å². The van der Waals surface area contributed by atoms with Crippen LogP contribution >= 0.6 is 0 Å². The lowest BCUT2D eigenvalue weighted by atomic mass is 9.91. The monoisotopic (exact) mass is 347 g/mol. The van der Waals surface area contributed by atoms with E-state index in [2.05, 4.69) is 37.4 Å². The summed E-state index contributed by atoms with van der Waals surface area (Å²) < 4.78 is 38.4. The van der Waals surface area contributed by atoms with Crippen molar-refractivity contribution in [2.24, 2.45) is 0 Å². The highest BCUT2D eigenvalue weighted by atomic mass is 19.4. The van der Waals surface area contributed by atoms with Gasteiger partial charge in [-0.2, -0.15) is 13.2 Å². The Balaban J connectivity index is 1.63. The molecule has 25 heavy (non-hydrogen) atoms. The van der Waals surface area contributed by atoms with Crippen molar-refractivity contribution in [3.63, 3.8) is 0 Å². The maximum absolute atomic E-state index is 12.8. The largest absolute Gasteiger partial charge is 0.416 e. The van der Waals surface area contributed by atoms with Crippen LogP contribution in [0.5, 0.6) is 0 Å². The zero-order valence-electron chi connectivity index (χ0n) is 14.7. The molecule has 0 spiro atoms. The van der Waals surface area contributed by atoms with Crippen LogP contribution < -0.4 is 5.32 Å². The Morgan fingerprint density at radius 1 is 0.920 bits per heavy atom. The standard InChI is InChI=1S/C21H24F3N/c1-20(2,18-10-9-16-6-4-7-17(16)14-18)25-12-11-15-5-3-8-19(13-15)21(22,23)24/h3,5,8-10,13-14,25H,4,6-7,11-12H2,1-2H3. The van der Waals surface area contributed by atoms with Crippen LogP contribution in [0.15, 0.2) is 42.5 Å². The van der Waals surface area contributed by atoms with Crippen LogP contribution in [0.3, 0.4) is 0 Å². The molecule has 0 fully saturated rings. The fourth-order valence-corrected chi connectivity index (χ4v) is 3.49. The van der Waals surface area contributed by atoms with Crippen LogP contribution in [0.2, 0.25) is 0 Å². The molecule has 4 heteroatoms. The fourth-order valence-electron chi connectivity index (χ4n) is 3.49. The summed E-state index contributed by atoms with van der Waals surface area (Å²) in [7, 11) is 0. The van der Waals surface area contributed by atoms with Crippen LogP contribution in [0, 0.1) is 0 Å². The number of hydrogen-bond donors (Lipinski definition) is 1. The van der Waals surface area contributed by atoms with Gasteiger partial charge in [0.2, 0.25) is 0 Å². The third kappa shape index (κ3) is 4.24. The molecule has 0 saturated heterocycles. The first-order chi connectivity index (χ1) is 11.8. The molecule has 1 nitrogen and oxygen atoms in total. The molecule has 2 aromatic carbocycles. The summed E-state index contributed by atoms with van der Waals surface area (Å²) in [4.78, 5) is 0. The van der Waals surface area contributed by atoms with Gasteiger partial charge in [0.1, 0.15) is 0 Å². The minimum Gasteiger partial charge on any atom is -0.307 e. The summed E-state index contributed by atoms with van der Waals surface area (Å²) in [6.07, 6.45) is -0.184. The van der Waals surface area contributed by atoms with E-state index in [1.165, 1.54) is 41.7 Å². The smallest absolute Gasteiger partial charge is 0.307 e. The van der Waals surface area contributed by atoms with E-state index in [1.807, 2.05) is 0 Å². The molecule has 0 atom stereocenters. The maximum Gasteiger partial charge on any atom is 0.416 e. The molecule has 0 saturated carbocycles. The summed E-state index contributed by atoms with van der Waals surface area (Å²) in [5.74, 6) is 0. The predicted molar refractivity (Wildman–Crippen MR) is 94.6 cm³/mol. The van der Waals surface area contributed by atoms with E-state index in [1.54, 1.807) is 6.07 Å². The predicted octanol–water partition coefficient (Wildman–Crippen LogP) is 5.26. The number of alkyl halides is 3. The Morgan fingerprint density at radius 3 is 2.44 bits per heavy atom.